The molecule has 0 saturated carbocycles. The predicted octanol–water partition coefficient (Wildman–Crippen LogP) is 4.86. The van der Waals surface area contributed by atoms with E-state index in [9.17, 15) is 14.0 Å². The van der Waals surface area contributed by atoms with Gasteiger partial charge in [0.15, 0.2) is 10.8 Å². The second-order valence-corrected chi connectivity index (χ2v) is 10.2. The zero-order valence-corrected chi connectivity index (χ0v) is 23.5. The third kappa shape index (κ3) is 4.93. The number of hydrogen-bond donors (Lipinski definition) is 0. The van der Waals surface area contributed by atoms with Gasteiger partial charge >= 0.3 is 5.69 Å². The summed E-state index contributed by atoms with van der Waals surface area (Å²) in [7, 11) is 0. The topological polar surface area (TPSA) is 97.1 Å². The van der Waals surface area contributed by atoms with Gasteiger partial charge in [0.25, 0.3) is 0 Å². The molecule has 0 unspecified atom stereocenters. The maximum Gasteiger partial charge on any atom is 0.356 e. The highest BCUT2D eigenvalue weighted by Crippen LogP contribution is 2.36. The first-order valence-corrected chi connectivity index (χ1v) is 13.6. The van der Waals surface area contributed by atoms with Crippen molar-refractivity contribution >= 4 is 46.0 Å². The Morgan fingerprint density at radius 3 is 2.67 bits per heavy atom. The van der Waals surface area contributed by atoms with Crippen molar-refractivity contribution < 1.29 is 9.18 Å². The third-order valence-electron chi connectivity index (χ3n) is 6.88. The van der Waals surface area contributed by atoms with E-state index < -0.39 is 11.5 Å². The number of rotatable bonds is 6. The minimum Gasteiger partial charge on any atom is -0.350 e. The van der Waals surface area contributed by atoms with Gasteiger partial charge in [0, 0.05) is 31.2 Å². The van der Waals surface area contributed by atoms with Crippen LogP contribution in [0.4, 0.5) is 10.2 Å². The maximum absolute atomic E-state index is 14.9. The van der Waals surface area contributed by atoms with Crippen LogP contribution in [0.1, 0.15) is 26.0 Å². The Balaban J connectivity index is 1.80. The van der Waals surface area contributed by atoms with Crippen molar-refractivity contribution in [2.75, 3.05) is 24.5 Å². The quantitative estimate of drug-likeness (QED) is 0.237. The fourth-order valence-electron chi connectivity index (χ4n) is 5.00. The Bertz CT molecular complexity index is 1690. The molecule has 40 heavy (non-hydrogen) atoms. The van der Waals surface area contributed by atoms with Gasteiger partial charge in [-0.05, 0) is 37.6 Å². The minimum atomic E-state index is -0.650. The van der Waals surface area contributed by atoms with Crippen molar-refractivity contribution in [1.82, 2.24) is 29.4 Å². The van der Waals surface area contributed by atoms with Crippen LogP contribution in [0.5, 0.6) is 0 Å². The molecule has 4 heterocycles. The molecule has 12 heteroatoms. The van der Waals surface area contributed by atoms with Crippen LogP contribution in [-0.4, -0.2) is 61.0 Å². The number of piperazine rings is 1. The van der Waals surface area contributed by atoms with Crippen LogP contribution < -0.4 is 10.6 Å². The van der Waals surface area contributed by atoms with E-state index in [1.807, 2.05) is 18.7 Å². The molecule has 1 aliphatic rings. The first-order valence-electron chi connectivity index (χ1n) is 12.8. The van der Waals surface area contributed by atoms with E-state index in [4.69, 9.17) is 28.2 Å². The zero-order chi connectivity index (χ0) is 28.6. The number of hydrogen-bond acceptors (Lipinski definition) is 7. The summed E-state index contributed by atoms with van der Waals surface area (Å²) in [6.45, 7) is 8.72. The third-order valence-corrected chi connectivity index (χ3v) is 7.44. The average Bonchev–Trinajstić information content (AvgIpc) is 2.94. The first kappa shape index (κ1) is 27.7. The van der Waals surface area contributed by atoms with Crippen LogP contribution in [0.2, 0.25) is 10.2 Å². The molecule has 206 valence electrons. The van der Waals surface area contributed by atoms with Crippen molar-refractivity contribution in [2.24, 2.45) is 0 Å². The minimum absolute atomic E-state index is 0.0607. The highest BCUT2D eigenvalue weighted by molar-refractivity contribution is 6.34. The highest BCUT2D eigenvalue weighted by Gasteiger charge is 2.30. The predicted molar refractivity (Wildman–Crippen MR) is 154 cm³/mol. The number of fused-ring (bicyclic) bond motifs is 1. The summed E-state index contributed by atoms with van der Waals surface area (Å²) in [5.41, 5.74) is 0.697. The lowest BCUT2D eigenvalue weighted by Crippen LogP contribution is -2.54. The molecule has 0 spiro atoms. The van der Waals surface area contributed by atoms with Gasteiger partial charge in [-0.2, -0.15) is 4.98 Å². The Morgan fingerprint density at radius 2 is 1.98 bits per heavy atom. The van der Waals surface area contributed by atoms with Gasteiger partial charge in [0.2, 0.25) is 5.91 Å². The van der Waals surface area contributed by atoms with Gasteiger partial charge in [0.05, 0.1) is 21.8 Å². The van der Waals surface area contributed by atoms with Crippen molar-refractivity contribution in [2.45, 2.75) is 32.7 Å². The fraction of sp³-hybridized carbons (Fsp3) is 0.286. The van der Waals surface area contributed by atoms with Crippen molar-refractivity contribution in [3.05, 3.63) is 81.5 Å². The number of amides is 1. The van der Waals surface area contributed by atoms with Gasteiger partial charge in [-0.1, -0.05) is 55.3 Å². The van der Waals surface area contributed by atoms with Crippen LogP contribution in [0.25, 0.3) is 28.0 Å². The number of pyridine rings is 1. The Labute approximate surface area is 239 Å². The number of benzene rings is 1. The fourth-order valence-corrected chi connectivity index (χ4v) is 5.49. The molecule has 1 fully saturated rings. The molecular formula is C28H26Cl2FN7O2. The Kier molecular flexibility index (Phi) is 7.82. The highest BCUT2D eigenvalue weighted by atomic mass is 35.5. The molecule has 0 radical (unpaired) electrons. The number of carbonyl (C=O) groups is 1. The molecule has 1 atom stereocenters. The lowest BCUT2D eigenvalue weighted by Gasteiger charge is -2.40. The zero-order valence-electron chi connectivity index (χ0n) is 21.9. The van der Waals surface area contributed by atoms with Crippen LogP contribution in [0.3, 0.4) is 0 Å². The largest absolute Gasteiger partial charge is 0.356 e. The normalized spacial score (nSPS) is 15.5. The summed E-state index contributed by atoms with van der Waals surface area (Å²) >= 11 is 13.3. The van der Waals surface area contributed by atoms with Crippen LogP contribution >= 0.6 is 23.2 Å². The van der Waals surface area contributed by atoms with E-state index in [2.05, 4.69) is 21.5 Å². The van der Waals surface area contributed by atoms with Crippen molar-refractivity contribution in [3.63, 3.8) is 0 Å². The summed E-state index contributed by atoms with van der Waals surface area (Å²) in [4.78, 5) is 47.4. The summed E-state index contributed by atoms with van der Waals surface area (Å²) in [5, 5.41) is 0.705. The van der Waals surface area contributed by atoms with E-state index in [1.165, 1.54) is 23.0 Å². The Hall–Kier alpha value is -3.89. The smallest absolute Gasteiger partial charge is 0.350 e. The number of nitrogens with zero attached hydrogens (tertiary/aromatic N) is 7. The van der Waals surface area contributed by atoms with Crippen molar-refractivity contribution in [3.8, 4) is 16.9 Å². The monoisotopic (exact) mass is 581 g/mol. The van der Waals surface area contributed by atoms with Gasteiger partial charge in [-0.15, -0.1) is 0 Å². The lowest BCUT2D eigenvalue weighted by atomic mass is 10.1. The summed E-state index contributed by atoms with van der Waals surface area (Å²) < 4.78 is 16.1. The molecule has 1 aromatic carbocycles. The van der Waals surface area contributed by atoms with Crippen LogP contribution in [0, 0.1) is 5.82 Å². The molecule has 4 aromatic rings. The average molecular weight is 582 g/mol. The van der Waals surface area contributed by atoms with Crippen LogP contribution in [0.15, 0.2) is 54.1 Å². The molecule has 0 N–H and O–H groups in total. The number of aromatic nitrogens is 5. The molecule has 5 rings (SSSR count). The molecule has 0 aliphatic carbocycles. The molecule has 9 nitrogen and oxygen atoms in total. The lowest BCUT2D eigenvalue weighted by molar-refractivity contribution is -0.126. The van der Waals surface area contributed by atoms with E-state index in [-0.39, 0.29) is 44.7 Å². The molecule has 1 saturated heterocycles. The molecule has 0 bridgehead atoms. The van der Waals surface area contributed by atoms with Crippen molar-refractivity contribution in [1.29, 1.82) is 0 Å². The van der Waals surface area contributed by atoms with Gasteiger partial charge in [0.1, 0.15) is 23.6 Å². The molecule has 3 aromatic heterocycles. The van der Waals surface area contributed by atoms with E-state index >= 15 is 0 Å². The van der Waals surface area contributed by atoms with Gasteiger partial charge in [-0.3, -0.25) is 4.79 Å². The number of halogens is 3. The molecular weight excluding hydrogens is 556 g/mol. The van der Waals surface area contributed by atoms with E-state index in [1.54, 1.807) is 29.2 Å². The number of aryl methyl sites for hydroxylation is 1. The summed E-state index contributed by atoms with van der Waals surface area (Å²) in [6, 6.07) is 7.58. The second kappa shape index (κ2) is 11.3. The Morgan fingerprint density at radius 1 is 1.20 bits per heavy atom. The van der Waals surface area contributed by atoms with E-state index in [0.29, 0.717) is 43.0 Å². The van der Waals surface area contributed by atoms with Gasteiger partial charge < -0.3 is 9.80 Å². The summed E-state index contributed by atoms with van der Waals surface area (Å²) in [5.74, 6) is -0.320. The first-order chi connectivity index (χ1) is 19.2. The number of anilines is 1. The SMILES string of the molecule is C=CC(=O)N1CCN(c2nc(=O)n(-c3c(Cl)ncnc3CCC)c3nc(-c4ccccc4F)c(Cl)cc23)[C@@H](C)C1. The second-order valence-electron chi connectivity index (χ2n) is 9.46. The molecule has 1 aliphatic heterocycles. The standard InChI is InChI=1S/C28H26Cl2FN7O2/c1-4-8-21-24(25(30)33-15-32-21)38-27-18(13-19(29)23(34-27)17-9-6-7-10-20(17)31)26(35-28(38)40)37-12-11-36(14-16(37)3)22(39)5-2/h5-7,9-10,13,15-16H,2,4,8,11-12,14H2,1,3H3/t16-/m0/s1. The van der Waals surface area contributed by atoms with Gasteiger partial charge in [-0.25, -0.2) is 28.7 Å². The molecule has 1 amide bonds. The number of carbonyl (C=O) groups excluding carboxylic acids is 1. The van der Waals surface area contributed by atoms with E-state index in [0.717, 1.165) is 6.42 Å². The van der Waals surface area contributed by atoms with Crippen LogP contribution in [-0.2, 0) is 11.2 Å². The maximum atomic E-state index is 14.9. The summed E-state index contributed by atoms with van der Waals surface area (Å²) in [6.07, 6.45) is 3.89.